The Morgan fingerprint density at radius 3 is 2.56 bits per heavy atom. The van der Waals surface area contributed by atoms with E-state index in [2.05, 4.69) is 46.3 Å². The quantitative estimate of drug-likeness (QED) is 0.602. The molecule has 8 heteroatoms. The number of nitrogens with one attached hydrogen (secondary N) is 1. The lowest BCUT2D eigenvalue weighted by molar-refractivity contribution is 0.195. The number of rotatable bonds is 4. The molecule has 7 nitrogen and oxygen atoms in total. The molecule has 0 spiro atoms. The van der Waals surface area contributed by atoms with Crippen molar-refractivity contribution in [1.29, 1.82) is 0 Å². The summed E-state index contributed by atoms with van der Waals surface area (Å²) in [6.45, 7) is 7.92. The maximum absolute atomic E-state index is 12.3. The van der Waals surface area contributed by atoms with Crippen molar-refractivity contribution in [3.05, 3.63) is 34.7 Å². The van der Waals surface area contributed by atoms with Gasteiger partial charge in [0.2, 0.25) is 0 Å². The molecular formula is C26H34N6OS. The monoisotopic (exact) mass is 478 g/mol. The summed E-state index contributed by atoms with van der Waals surface area (Å²) in [5.74, 6) is 2.54. The molecule has 180 valence electrons. The molecule has 0 saturated carbocycles. The Bertz CT molecular complexity index is 1180. The van der Waals surface area contributed by atoms with E-state index in [-0.39, 0.29) is 6.03 Å². The highest BCUT2D eigenvalue weighted by Crippen LogP contribution is 2.42. The minimum absolute atomic E-state index is 0.0264. The maximum atomic E-state index is 12.3. The van der Waals surface area contributed by atoms with Gasteiger partial charge in [-0.2, -0.15) is 0 Å². The molecule has 1 N–H and O–H groups in total. The van der Waals surface area contributed by atoms with Crippen molar-refractivity contribution >= 4 is 39.1 Å². The number of urea groups is 1. The van der Waals surface area contributed by atoms with Gasteiger partial charge < -0.3 is 20.0 Å². The SMILES string of the molecule is CCNC(=O)N1CCN(c2nc(-c3ccc(N(C)C)cc3)nc3sc4c(c23)CCC(C)C4)CC1. The van der Waals surface area contributed by atoms with Crippen LogP contribution < -0.4 is 15.1 Å². The van der Waals surface area contributed by atoms with Crippen LogP contribution in [0.15, 0.2) is 24.3 Å². The molecule has 1 aliphatic carbocycles. The van der Waals surface area contributed by atoms with Crippen molar-refractivity contribution in [2.45, 2.75) is 33.1 Å². The van der Waals surface area contributed by atoms with Gasteiger partial charge in [-0.1, -0.05) is 6.92 Å². The molecule has 1 aliphatic heterocycles. The predicted molar refractivity (Wildman–Crippen MR) is 141 cm³/mol. The van der Waals surface area contributed by atoms with Gasteiger partial charge in [0, 0.05) is 62.9 Å². The molecule has 3 heterocycles. The molecule has 0 bridgehead atoms. The van der Waals surface area contributed by atoms with Crippen LogP contribution in [0.3, 0.4) is 0 Å². The van der Waals surface area contributed by atoms with Gasteiger partial charge in [-0.05, 0) is 61.9 Å². The third-order valence-corrected chi connectivity index (χ3v) is 8.12. The fourth-order valence-electron chi connectivity index (χ4n) is 4.97. The molecule has 2 amide bonds. The first-order valence-corrected chi connectivity index (χ1v) is 13.1. The predicted octanol–water partition coefficient (Wildman–Crippen LogP) is 4.40. The van der Waals surface area contributed by atoms with E-state index >= 15 is 0 Å². The van der Waals surface area contributed by atoms with Gasteiger partial charge in [0.1, 0.15) is 10.6 Å². The second-order valence-corrected chi connectivity index (χ2v) is 10.7. The van der Waals surface area contributed by atoms with Gasteiger partial charge in [-0.25, -0.2) is 14.8 Å². The topological polar surface area (TPSA) is 64.6 Å². The number of hydrogen-bond donors (Lipinski definition) is 1. The lowest BCUT2D eigenvalue weighted by Gasteiger charge is -2.36. The van der Waals surface area contributed by atoms with Crippen LogP contribution >= 0.6 is 11.3 Å². The molecule has 5 rings (SSSR count). The minimum atomic E-state index is 0.0264. The molecule has 1 aromatic carbocycles. The van der Waals surface area contributed by atoms with Crippen LogP contribution in [0.2, 0.25) is 0 Å². The van der Waals surface area contributed by atoms with Gasteiger partial charge in [0.25, 0.3) is 0 Å². The summed E-state index contributed by atoms with van der Waals surface area (Å²) in [5, 5.41) is 4.17. The van der Waals surface area contributed by atoms with Crippen molar-refractivity contribution in [2.24, 2.45) is 5.92 Å². The maximum Gasteiger partial charge on any atom is 0.317 e. The van der Waals surface area contributed by atoms with Crippen LogP contribution in [0.5, 0.6) is 0 Å². The van der Waals surface area contributed by atoms with E-state index in [1.165, 1.54) is 22.2 Å². The zero-order valence-corrected chi connectivity index (χ0v) is 21.4. The van der Waals surface area contributed by atoms with Crippen LogP contribution in [0.25, 0.3) is 21.6 Å². The third kappa shape index (κ3) is 4.31. The number of aryl methyl sites for hydroxylation is 1. The van der Waals surface area contributed by atoms with E-state index in [0.29, 0.717) is 19.6 Å². The summed E-state index contributed by atoms with van der Waals surface area (Å²) in [6.07, 6.45) is 3.45. The summed E-state index contributed by atoms with van der Waals surface area (Å²) >= 11 is 1.85. The lowest BCUT2D eigenvalue weighted by Crippen LogP contribution is -2.52. The van der Waals surface area contributed by atoms with Crippen LogP contribution in [0.4, 0.5) is 16.3 Å². The molecule has 2 aromatic heterocycles. The summed E-state index contributed by atoms with van der Waals surface area (Å²) in [6, 6.07) is 8.49. The molecule has 0 radical (unpaired) electrons. The van der Waals surface area contributed by atoms with Crippen molar-refractivity contribution < 1.29 is 4.79 Å². The first-order valence-electron chi connectivity index (χ1n) is 12.3. The van der Waals surface area contributed by atoms with E-state index in [9.17, 15) is 4.79 Å². The Morgan fingerprint density at radius 2 is 1.88 bits per heavy atom. The average Bonchev–Trinajstić information content (AvgIpc) is 3.21. The molecule has 3 aromatic rings. The number of carbonyl (C=O) groups excluding carboxylic acids is 1. The van der Waals surface area contributed by atoms with Crippen LogP contribution in [-0.2, 0) is 12.8 Å². The number of fused-ring (bicyclic) bond motifs is 3. The van der Waals surface area contributed by atoms with Crippen LogP contribution in [-0.4, -0.2) is 67.7 Å². The molecule has 1 atom stereocenters. The van der Waals surface area contributed by atoms with Crippen LogP contribution in [0.1, 0.15) is 30.7 Å². The second-order valence-electron chi connectivity index (χ2n) is 9.65. The zero-order valence-electron chi connectivity index (χ0n) is 20.6. The number of nitrogens with zero attached hydrogens (tertiary/aromatic N) is 5. The van der Waals surface area contributed by atoms with E-state index in [4.69, 9.17) is 9.97 Å². The molecule has 1 unspecified atom stereocenters. The largest absolute Gasteiger partial charge is 0.378 e. The Kier molecular flexibility index (Phi) is 6.34. The molecule has 1 saturated heterocycles. The van der Waals surface area contributed by atoms with Gasteiger partial charge >= 0.3 is 6.03 Å². The third-order valence-electron chi connectivity index (χ3n) is 6.97. The molecular weight excluding hydrogens is 444 g/mol. The lowest BCUT2D eigenvalue weighted by atomic mass is 9.89. The number of carbonyl (C=O) groups is 1. The van der Waals surface area contributed by atoms with Crippen LogP contribution in [0, 0.1) is 5.92 Å². The average molecular weight is 479 g/mol. The smallest absolute Gasteiger partial charge is 0.317 e. The number of thiophene rings is 1. The fraction of sp³-hybridized carbons (Fsp3) is 0.500. The number of benzene rings is 1. The highest BCUT2D eigenvalue weighted by molar-refractivity contribution is 7.19. The Labute approximate surface area is 205 Å². The van der Waals surface area contributed by atoms with Crippen molar-refractivity contribution in [2.75, 3.05) is 56.6 Å². The number of hydrogen-bond acceptors (Lipinski definition) is 6. The minimum Gasteiger partial charge on any atom is -0.378 e. The number of amides is 2. The molecule has 34 heavy (non-hydrogen) atoms. The standard InChI is InChI=1S/C26H34N6OS/c1-5-27-26(33)32-14-12-31(13-15-32)24-22-20-11-6-17(2)16-21(20)34-25(22)29-23(28-24)18-7-9-19(10-8-18)30(3)4/h7-10,17H,5-6,11-16H2,1-4H3,(H,27,33). The Hall–Kier alpha value is -2.87. The van der Waals surface area contributed by atoms with E-state index in [1.54, 1.807) is 0 Å². The van der Waals surface area contributed by atoms with Crippen molar-refractivity contribution in [3.8, 4) is 11.4 Å². The normalized spacial score (nSPS) is 18.2. The van der Waals surface area contributed by atoms with Crippen molar-refractivity contribution in [1.82, 2.24) is 20.2 Å². The highest BCUT2D eigenvalue weighted by Gasteiger charge is 2.28. The summed E-state index contributed by atoms with van der Waals surface area (Å²) in [5.41, 5.74) is 3.65. The summed E-state index contributed by atoms with van der Waals surface area (Å²) in [7, 11) is 4.10. The number of aromatic nitrogens is 2. The van der Waals surface area contributed by atoms with Gasteiger partial charge in [0.05, 0.1) is 5.39 Å². The van der Waals surface area contributed by atoms with Gasteiger partial charge in [-0.3, -0.25) is 0 Å². The first-order chi connectivity index (χ1) is 16.4. The number of anilines is 2. The van der Waals surface area contributed by atoms with Gasteiger partial charge in [-0.15, -0.1) is 11.3 Å². The summed E-state index contributed by atoms with van der Waals surface area (Å²) < 4.78 is 0. The first kappa shape index (κ1) is 22.9. The summed E-state index contributed by atoms with van der Waals surface area (Å²) in [4.78, 5) is 31.5. The van der Waals surface area contributed by atoms with E-state index < -0.39 is 0 Å². The molecule has 1 fully saturated rings. The zero-order chi connectivity index (χ0) is 23.8. The highest BCUT2D eigenvalue weighted by atomic mass is 32.1. The molecule has 2 aliphatic rings. The Balaban J connectivity index is 1.54. The van der Waals surface area contributed by atoms with Crippen molar-refractivity contribution in [3.63, 3.8) is 0 Å². The fourth-order valence-corrected chi connectivity index (χ4v) is 6.35. The Morgan fingerprint density at radius 1 is 1.15 bits per heavy atom. The van der Waals surface area contributed by atoms with E-state index in [0.717, 1.165) is 59.6 Å². The number of piperazine rings is 1. The second kappa shape index (κ2) is 9.41. The van der Waals surface area contributed by atoms with Gasteiger partial charge in [0.15, 0.2) is 5.82 Å². The van der Waals surface area contributed by atoms with E-state index in [1.807, 2.05) is 37.3 Å².